The first-order valence-electron chi connectivity index (χ1n) is 5.88. The van der Waals surface area contributed by atoms with E-state index in [-0.39, 0.29) is 6.61 Å². The van der Waals surface area contributed by atoms with Crippen LogP contribution in [-0.2, 0) is 0 Å². The Morgan fingerprint density at radius 2 is 1.82 bits per heavy atom. The molecule has 0 aliphatic heterocycles. The largest absolute Gasteiger partial charge is 0.396 e. The molecule has 0 aliphatic rings. The lowest BCUT2D eigenvalue weighted by Crippen LogP contribution is -2.08. The lowest BCUT2D eigenvalue weighted by atomic mass is 10.3. The van der Waals surface area contributed by atoms with Gasteiger partial charge in [0.2, 0.25) is 0 Å². The van der Waals surface area contributed by atoms with Crippen molar-refractivity contribution in [2.45, 2.75) is 26.2 Å². The Kier molecular flexibility index (Phi) is 6.88. The summed E-state index contributed by atoms with van der Waals surface area (Å²) < 4.78 is 0.859. The molecule has 1 rings (SSSR count). The molecule has 0 amide bonds. The highest BCUT2D eigenvalue weighted by molar-refractivity contribution is 9.10. The number of halogens is 1. The molecule has 0 atom stereocenters. The molecule has 6 heteroatoms. The molecule has 1 heterocycles. The molecule has 0 aliphatic carbocycles. The van der Waals surface area contributed by atoms with Gasteiger partial charge in [-0.15, -0.1) is 0 Å². The maximum atomic E-state index is 8.69. The molecule has 0 radical (unpaired) electrons. The lowest BCUT2D eigenvalue weighted by Gasteiger charge is -2.10. The third-order valence-electron chi connectivity index (χ3n) is 2.21. The van der Waals surface area contributed by atoms with Crippen molar-refractivity contribution in [1.29, 1.82) is 0 Å². The predicted octanol–water partition coefficient (Wildman–Crippen LogP) is 2.25. The van der Waals surface area contributed by atoms with Crippen LogP contribution in [0.4, 0.5) is 11.6 Å². The van der Waals surface area contributed by atoms with Gasteiger partial charge in [0.25, 0.3) is 0 Å². The molecule has 17 heavy (non-hydrogen) atoms. The van der Waals surface area contributed by atoms with Crippen LogP contribution in [0, 0.1) is 0 Å². The summed E-state index contributed by atoms with van der Waals surface area (Å²) >= 11 is 3.48. The minimum Gasteiger partial charge on any atom is -0.396 e. The molecule has 96 valence electrons. The number of unbranched alkanes of at least 4 members (excludes halogenated alkanes) is 1. The maximum Gasteiger partial charge on any atom is 0.145 e. The van der Waals surface area contributed by atoms with Gasteiger partial charge in [-0.25, -0.2) is 9.97 Å². The number of anilines is 2. The molecular formula is C11H19BrN4O. The van der Waals surface area contributed by atoms with E-state index in [0.29, 0.717) is 0 Å². The first-order chi connectivity index (χ1) is 8.29. The van der Waals surface area contributed by atoms with E-state index in [9.17, 15) is 0 Å². The number of aliphatic hydroxyl groups excluding tert-OH is 1. The van der Waals surface area contributed by atoms with Gasteiger partial charge in [0.15, 0.2) is 0 Å². The smallest absolute Gasteiger partial charge is 0.145 e. The Labute approximate surface area is 110 Å². The van der Waals surface area contributed by atoms with Crippen LogP contribution < -0.4 is 10.6 Å². The van der Waals surface area contributed by atoms with Gasteiger partial charge in [-0.1, -0.05) is 6.92 Å². The molecular weight excluding hydrogens is 284 g/mol. The average molecular weight is 303 g/mol. The number of nitrogens with zero attached hydrogens (tertiary/aromatic N) is 2. The summed E-state index contributed by atoms with van der Waals surface area (Å²) in [5.41, 5.74) is 0. The van der Waals surface area contributed by atoms with Crippen molar-refractivity contribution in [3.63, 3.8) is 0 Å². The van der Waals surface area contributed by atoms with E-state index in [0.717, 1.165) is 48.5 Å². The highest BCUT2D eigenvalue weighted by Crippen LogP contribution is 2.26. The van der Waals surface area contributed by atoms with Gasteiger partial charge in [-0.2, -0.15) is 0 Å². The quantitative estimate of drug-likeness (QED) is 0.643. The number of aliphatic hydroxyl groups is 1. The van der Waals surface area contributed by atoms with Crippen LogP contribution in [0.2, 0.25) is 0 Å². The summed E-state index contributed by atoms with van der Waals surface area (Å²) in [7, 11) is 0. The molecule has 0 fully saturated rings. The van der Waals surface area contributed by atoms with Crippen molar-refractivity contribution in [2.75, 3.05) is 30.3 Å². The van der Waals surface area contributed by atoms with Crippen LogP contribution in [-0.4, -0.2) is 34.8 Å². The third kappa shape index (κ3) is 4.87. The summed E-state index contributed by atoms with van der Waals surface area (Å²) in [6, 6.07) is 0. The topological polar surface area (TPSA) is 70.1 Å². The normalized spacial score (nSPS) is 10.3. The van der Waals surface area contributed by atoms with Crippen molar-refractivity contribution < 1.29 is 5.11 Å². The van der Waals surface area contributed by atoms with Gasteiger partial charge < -0.3 is 15.7 Å². The first kappa shape index (κ1) is 14.2. The summed E-state index contributed by atoms with van der Waals surface area (Å²) in [4.78, 5) is 8.34. The van der Waals surface area contributed by atoms with Gasteiger partial charge >= 0.3 is 0 Å². The molecule has 1 aromatic heterocycles. The number of hydrogen-bond donors (Lipinski definition) is 3. The zero-order chi connectivity index (χ0) is 12.5. The van der Waals surface area contributed by atoms with Crippen molar-refractivity contribution >= 4 is 27.6 Å². The van der Waals surface area contributed by atoms with Crippen LogP contribution in [0.1, 0.15) is 26.2 Å². The van der Waals surface area contributed by atoms with Gasteiger partial charge in [-0.05, 0) is 35.2 Å². The second-order valence-electron chi connectivity index (χ2n) is 3.67. The van der Waals surface area contributed by atoms with Crippen molar-refractivity contribution in [2.24, 2.45) is 0 Å². The van der Waals surface area contributed by atoms with E-state index in [4.69, 9.17) is 5.11 Å². The minimum atomic E-state index is 0.232. The van der Waals surface area contributed by atoms with E-state index in [1.807, 2.05) is 0 Å². The average Bonchev–Trinajstić information content (AvgIpc) is 2.35. The predicted molar refractivity (Wildman–Crippen MR) is 73.3 cm³/mol. The van der Waals surface area contributed by atoms with Crippen LogP contribution in [0.3, 0.4) is 0 Å². The van der Waals surface area contributed by atoms with E-state index in [2.05, 4.69) is 43.5 Å². The molecule has 0 saturated heterocycles. The molecule has 0 aromatic carbocycles. The Balaban J connectivity index is 2.53. The lowest BCUT2D eigenvalue weighted by molar-refractivity contribution is 0.286. The van der Waals surface area contributed by atoms with Crippen LogP contribution >= 0.6 is 15.9 Å². The zero-order valence-corrected chi connectivity index (χ0v) is 11.6. The summed E-state index contributed by atoms with van der Waals surface area (Å²) in [5.74, 6) is 1.60. The van der Waals surface area contributed by atoms with Crippen molar-refractivity contribution in [3.8, 4) is 0 Å². The Morgan fingerprint density at radius 3 is 2.41 bits per heavy atom. The van der Waals surface area contributed by atoms with Gasteiger partial charge in [0.05, 0.1) is 0 Å². The van der Waals surface area contributed by atoms with Crippen molar-refractivity contribution in [3.05, 3.63) is 10.8 Å². The van der Waals surface area contributed by atoms with Crippen molar-refractivity contribution in [1.82, 2.24) is 9.97 Å². The highest BCUT2D eigenvalue weighted by Gasteiger charge is 2.07. The molecule has 0 saturated carbocycles. The fourth-order valence-corrected chi connectivity index (χ4v) is 1.79. The Bertz CT molecular complexity index is 335. The molecule has 3 N–H and O–H groups in total. The van der Waals surface area contributed by atoms with E-state index >= 15 is 0 Å². The standard InChI is InChI=1S/C11H19BrN4O/c1-2-5-13-10-9(12)11(16-8-15-10)14-6-3-4-7-17/h8,17H,2-7H2,1H3,(H2,13,14,15,16). The number of hydrogen-bond acceptors (Lipinski definition) is 5. The third-order valence-corrected chi connectivity index (χ3v) is 2.96. The van der Waals surface area contributed by atoms with Crippen LogP contribution in [0.15, 0.2) is 10.8 Å². The van der Waals surface area contributed by atoms with Crippen LogP contribution in [0.5, 0.6) is 0 Å². The molecule has 0 spiro atoms. The molecule has 1 aromatic rings. The van der Waals surface area contributed by atoms with E-state index in [1.54, 1.807) is 0 Å². The molecule has 0 unspecified atom stereocenters. The SMILES string of the molecule is CCCNc1ncnc(NCCCCO)c1Br. The summed E-state index contributed by atoms with van der Waals surface area (Å²) in [5, 5.41) is 15.1. The number of aromatic nitrogens is 2. The second kappa shape index (κ2) is 8.25. The summed E-state index contributed by atoms with van der Waals surface area (Å²) in [6.45, 7) is 4.02. The monoisotopic (exact) mass is 302 g/mol. The Hall–Kier alpha value is -0.880. The maximum absolute atomic E-state index is 8.69. The second-order valence-corrected chi connectivity index (χ2v) is 4.46. The number of nitrogens with one attached hydrogen (secondary N) is 2. The van der Waals surface area contributed by atoms with Crippen LogP contribution in [0.25, 0.3) is 0 Å². The van der Waals surface area contributed by atoms with Gasteiger partial charge in [0.1, 0.15) is 22.4 Å². The fraction of sp³-hybridized carbons (Fsp3) is 0.636. The van der Waals surface area contributed by atoms with E-state index in [1.165, 1.54) is 6.33 Å². The van der Waals surface area contributed by atoms with Gasteiger partial charge in [0, 0.05) is 19.7 Å². The molecule has 5 nitrogen and oxygen atoms in total. The van der Waals surface area contributed by atoms with Gasteiger partial charge in [-0.3, -0.25) is 0 Å². The molecule has 0 bridgehead atoms. The first-order valence-corrected chi connectivity index (χ1v) is 6.68. The minimum absolute atomic E-state index is 0.232. The fourth-order valence-electron chi connectivity index (χ4n) is 1.30. The zero-order valence-electron chi connectivity index (χ0n) is 10.0. The number of rotatable bonds is 8. The highest BCUT2D eigenvalue weighted by atomic mass is 79.9. The summed E-state index contributed by atoms with van der Waals surface area (Å²) in [6.07, 6.45) is 4.31. The Morgan fingerprint density at radius 1 is 1.18 bits per heavy atom. The van der Waals surface area contributed by atoms with E-state index < -0.39 is 0 Å².